The first-order chi connectivity index (χ1) is 10.2. The molecule has 1 fully saturated rings. The number of nitrogens with zero attached hydrogens (tertiary/aromatic N) is 2. The molecule has 0 saturated heterocycles. The Morgan fingerprint density at radius 1 is 1.29 bits per heavy atom. The van der Waals surface area contributed by atoms with Gasteiger partial charge in [0.25, 0.3) is 0 Å². The number of nitrogens with one attached hydrogen (secondary N) is 1. The lowest BCUT2D eigenvalue weighted by Gasteiger charge is -2.12. The second-order valence-electron chi connectivity index (χ2n) is 5.45. The van der Waals surface area contributed by atoms with E-state index in [9.17, 15) is 0 Å². The molecule has 1 saturated carbocycles. The number of ether oxygens (including phenoxy) is 2. The molecular weight excluding hydrogens is 266 g/mol. The Kier molecular flexibility index (Phi) is 4.10. The summed E-state index contributed by atoms with van der Waals surface area (Å²) in [6.45, 7) is 1.37. The van der Waals surface area contributed by atoms with Gasteiger partial charge in [-0.3, -0.25) is 4.68 Å². The second kappa shape index (κ2) is 6.18. The van der Waals surface area contributed by atoms with Gasteiger partial charge < -0.3 is 14.8 Å². The maximum Gasteiger partial charge on any atom is 0.161 e. The number of aromatic nitrogens is 2. The minimum atomic E-state index is 0.490. The van der Waals surface area contributed by atoms with Gasteiger partial charge in [0.2, 0.25) is 0 Å². The van der Waals surface area contributed by atoms with Crippen LogP contribution in [0.5, 0.6) is 11.5 Å². The molecule has 1 aliphatic carbocycles. The van der Waals surface area contributed by atoms with Gasteiger partial charge in [0.15, 0.2) is 11.5 Å². The highest BCUT2D eigenvalue weighted by Crippen LogP contribution is 2.29. The lowest BCUT2D eigenvalue weighted by atomic mass is 10.2. The van der Waals surface area contributed by atoms with Crippen LogP contribution in [0.4, 0.5) is 0 Å². The molecule has 1 N–H and O–H groups in total. The third-order valence-electron chi connectivity index (χ3n) is 3.55. The van der Waals surface area contributed by atoms with Gasteiger partial charge >= 0.3 is 0 Å². The summed E-state index contributed by atoms with van der Waals surface area (Å²) in [6.07, 6.45) is 6.34. The summed E-state index contributed by atoms with van der Waals surface area (Å²) >= 11 is 0. The quantitative estimate of drug-likeness (QED) is 0.848. The monoisotopic (exact) mass is 287 g/mol. The zero-order valence-electron chi connectivity index (χ0n) is 12.5. The van der Waals surface area contributed by atoms with Crippen molar-refractivity contribution in [2.45, 2.75) is 32.0 Å². The smallest absolute Gasteiger partial charge is 0.161 e. The van der Waals surface area contributed by atoms with Crippen molar-refractivity contribution in [1.82, 2.24) is 15.1 Å². The number of hydrogen-bond acceptors (Lipinski definition) is 4. The molecule has 5 heteroatoms. The Balaban J connectivity index is 1.63. The van der Waals surface area contributed by atoms with Crippen molar-refractivity contribution in [3.8, 4) is 11.5 Å². The Labute approximate surface area is 124 Å². The highest BCUT2D eigenvalue weighted by molar-refractivity contribution is 5.43. The van der Waals surface area contributed by atoms with E-state index in [1.54, 1.807) is 18.0 Å². The van der Waals surface area contributed by atoms with Crippen molar-refractivity contribution >= 4 is 0 Å². The van der Waals surface area contributed by atoms with E-state index < -0.39 is 0 Å². The summed E-state index contributed by atoms with van der Waals surface area (Å²) < 4.78 is 13.0. The van der Waals surface area contributed by atoms with Gasteiger partial charge in [-0.15, -0.1) is 0 Å². The molecule has 1 aromatic heterocycles. The van der Waals surface area contributed by atoms with Crippen LogP contribution in [0, 0.1) is 0 Å². The first kappa shape index (κ1) is 13.9. The minimum absolute atomic E-state index is 0.490. The van der Waals surface area contributed by atoms with Crippen molar-refractivity contribution in [3.63, 3.8) is 0 Å². The van der Waals surface area contributed by atoms with Crippen LogP contribution in [0.15, 0.2) is 30.6 Å². The molecular formula is C16H21N3O2. The highest BCUT2D eigenvalue weighted by Gasteiger charge is 2.20. The third kappa shape index (κ3) is 3.76. The molecule has 0 atom stereocenters. The van der Waals surface area contributed by atoms with Crippen LogP contribution in [0.1, 0.15) is 24.0 Å². The van der Waals surface area contributed by atoms with Gasteiger partial charge in [0, 0.05) is 31.4 Å². The summed E-state index contributed by atoms with van der Waals surface area (Å²) in [5.41, 5.74) is 2.26. The second-order valence-corrected chi connectivity index (χ2v) is 5.45. The van der Waals surface area contributed by atoms with Crippen LogP contribution >= 0.6 is 0 Å². The van der Waals surface area contributed by atoms with Crippen molar-refractivity contribution in [2.24, 2.45) is 7.05 Å². The molecule has 0 spiro atoms. The van der Waals surface area contributed by atoms with Crippen LogP contribution in [0.25, 0.3) is 0 Å². The summed E-state index contributed by atoms with van der Waals surface area (Å²) in [6, 6.07) is 6.79. The third-order valence-corrected chi connectivity index (χ3v) is 3.55. The van der Waals surface area contributed by atoms with Gasteiger partial charge in [-0.2, -0.15) is 5.10 Å². The van der Waals surface area contributed by atoms with E-state index in [1.807, 2.05) is 25.4 Å². The molecule has 0 bridgehead atoms. The number of hydrogen-bond donors (Lipinski definition) is 1. The summed E-state index contributed by atoms with van der Waals surface area (Å²) in [4.78, 5) is 0. The Bertz CT molecular complexity index is 605. The zero-order valence-corrected chi connectivity index (χ0v) is 12.5. The molecule has 112 valence electrons. The van der Waals surface area contributed by atoms with E-state index in [0.29, 0.717) is 12.6 Å². The number of methoxy groups -OCH3 is 1. The van der Waals surface area contributed by atoms with Crippen LogP contribution in [0.2, 0.25) is 0 Å². The van der Waals surface area contributed by atoms with E-state index >= 15 is 0 Å². The van der Waals surface area contributed by atoms with Gasteiger partial charge in [0.05, 0.1) is 13.3 Å². The first-order valence-corrected chi connectivity index (χ1v) is 7.25. The average molecular weight is 287 g/mol. The van der Waals surface area contributed by atoms with Crippen molar-refractivity contribution < 1.29 is 9.47 Å². The highest BCUT2D eigenvalue weighted by atomic mass is 16.5. The summed E-state index contributed by atoms with van der Waals surface area (Å²) in [7, 11) is 3.57. The predicted molar refractivity (Wildman–Crippen MR) is 80.4 cm³/mol. The van der Waals surface area contributed by atoms with Crippen LogP contribution < -0.4 is 14.8 Å². The van der Waals surface area contributed by atoms with E-state index in [1.165, 1.54) is 18.4 Å². The number of aryl methyl sites for hydroxylation is 1. The average Bonchev–Trinajstić information content (AvgIpc) is 3.24. The van der Waals surface area contributed by atoms with Gasteiger partial charge in [-0.1, -0.05) is 6.07 Å². The van der Waals surface area contributed by atoms with Crippen molar-refractivity contribution in [1.29, 1.82) is 0 Å². The standard InChI is InChI=1S/C16H21N3O2/c1-19-10-13(9-18-19)11-21-15-6-3-12(7-16(15)20-2)8-17-14-4-5-14/h3,6-7,9-10,14,17H,4-5,8,11H2,1-2H3. The molecule has 0 amide bonds. The first-order valence-electron chi connectivity index (χ1n) is 7.25. The molecule has 1 aromatic carbocycles. The van der Waals surface area contributed by atoms with Crippen LogP contribution in [0.3, 0.4) is 0 Å². The topological polar surface area (TPSA) is 48.3 Å². The fraction of sp³-hybridized carbons (Fsp3) is 0.438. The molecule has 1 aliphatic rings. The molecule has 0 radical (unpaired) electrons. The molecule has 0 unspecified atom stereocenters. The van der Waals surface area contributed by atoms with E-state index in [4.69, 9.17) is 9.47 Å². The molecule has 1 heterocycles. The molecule has 2 aromatic rings. The fourth-order valence-electron chi connectivity index (χ4n) is 2.20. The summed E-state index contributed by atoms with van der Waals surface area (Å²) in [5.74, 6) is 1.53. The normalized spacial score (nSPS) is 14.2. The lowest BCUT2D eigenvalue weighted by molar-refractivity contribution is 0.284. The van der Waals surface area contributed by atoms with Crippen LogP contribution in [-0.4, -0.2) is 22.9 Å². The molecule has 5 nitrogen and oxygen atoms in total. The SMILES string of the molecule is COc1cc(CNC2CC2)ccc1OCc1cnn(C)c1. The summed E-state index contributed by atoms with van der Waals surface area (Å²) in [5, 5.41) is 7.63. The van der Waals surface area contributed by atoms with Crippen molar-refractivity contribution in [3.05, 3.63) is 41.7 Å². The largest absolute Gasteiger partial charge is 0.493 e. The van der Waals surface area contributed by atoms with Crippen LogP contribution in [-0.2, 0) is 20.2 Å². The Hall–Kier alpha value is -2.01. The molecule has 3 rings (SSSR count). The Morgan fingerprint density at radius 3 is 2.81 bits per heavy atom. The maximum absolute atomic E-state index is 5.82. The number of rotatable bonds is 7. The Morgan fingerprint density at radius 2 is 2.14 bits per heavy atom. The predicted octanol–water partition coefficient (Wildman–Crippen LogP) is 2.26. The van der Waals surface area contributed by atoms with Gasteiger partial charge in [-0.25, -0.2) is 0 Å². The minimum Gasteiger partial charge on any atom is -0.493 e. The maximum atomic E-state index is 5.82. The zero-order chi connectivity index (χ0) is 14.7. The van der Waals surface area contributed by atoms with Crippen molar-refractivity contribution in [2.75, 3.05) is 7.11 Å². The lowest BCUT2D eigenvalue weighted by Crippen LogP contribution is -2.15. The van der Waals surface area contributed by atoms with E-state index in [2.05, 4.69) is 16.5 Å². The van der Waals surface area contributed by atoms with Gasteiger partial charge in [0.1, 0.15) is 6.61 Å². The van der Waals surface area contributed by atoms with E-state index in [-0.39, 0.29) is 0 Å². The fourth-order valence-corrected chi connectivity index (χ4v) is 2.20. The van der Waals surface area contributed by atoms with E-state index in [0.717, 1.165) is 23.6 Å². The molecule has 0 aliphatic heterocycles. The van der Waals surface area contributed by atoms with Gasteiger partial charge in [-0.05, 0) is 30.5 Å². The number of benzene rings is 1. The molecule has 21 heavy (non-hydrogen) atoms.